The number of benzene rings is 1. The van der Waals surface area contributed by atoms with E-state index in [1.165, 1.54) is 6.07 Å². The zero-order valence-corrected chi connectivity index (χ0v) is 27.6. The first-order chi connectivity index (χ1) is 23.1. The van der Waals surface area contributed by atoms with Gasteiger partial charge in [0.1, 0.15) is 30.5 Å². The molecule has 0 aromatic heterocycles. The van der Waals surface area contributed by atoms with Crippen LogP contribution in [0.25, 0.3) is 0 Å². The predicted molar refractivity (Wildman–Crippen MR) is 172 cm³/mol. The van der Waals surface area contributed by atoms with Gasteiger partial charge in [0.2, 0.25) is 24.1 Å². The van der Waals surface area contributed by atoms with Crippen LogP contribution in [0.15, 0.2) is 29.3 Å². The maximum absolute atomic E-state index is 13.6. The summed E-state index contributed by atoms with van der Waals surface area (Å²) in [5.74, 6) is -2.42. The Labute approximate surface area is 280 Å². The molecule has 15 heteroatoms. The molecule has 5 N–H and O–H groups in total. The Morgan fingerprint density at radius 2 is 1.88 bits per heavy atom. The summed E-state index contributed by atoms with van der Waals surface area (Å²) >= 11 is 0. The number of carbonyl (C=O) groups excluding carboxylic acids is 5. The van der Waals surface area contributed by atoms with Crippen LogP contribution in [-0.4, -0.2) is 106 Å². The molecule has 0 radical (unpaired) electrons. The molecule has 48 heavy (non-hydrogen) atoms. The van der Waals surface area contributed by atoms with Crippen LogP contribution in [0.5, 0.6) is 5.75 Å². The monoisotopic (exact) mass is 675 g/mol. The molecule has 0 saturated carbocycles. The molecule has 1 aromatic rings. The van der Waals surface area contributed by atoms with E-state index in [0.717, 1.165) is 25.7 Å². The van der Waals surface area contributed by atoms with E-state index in [2.05, 4.69) is 22.5 Å². The molecule has 4 amide bonds. The standard InChI is InChI=1S/C33H49N5O10/c1-2-3-4-5-6-13-23(20-29(41)34-25-15-10-12-19-38(46)32(25)43)48-33(44)26(16-9-11-18-37(45)22-39)35-30(42)27-21-47-31(36-27)24-14-7-8-17-28(24)40/h7-8,14,17,22-23,25-27,40,45-46H,2-6,9-13,15-16,18-21H2,1H3,(H,34,41)(H,35,42)/t23-,25-,26-,27+/m0/s1. The Morgan fingerprint density at radius 3 is 2.62 bits per heavy atom. The van der Waals surface area contributed by atoms with E-state index in [-0.39, 0.29) is 50.6 Å². The van der Waals surface area contributed by atoms with E-state index in [9.17, 15) is 39.5 Å². The zero-order valence-electron chi connectivity index (χ0n) is 27.6. The van der Waals surface area contributed by atoms with Crippen molar-refractivity contribution in [3.05, 3.63) is 29.8 Å². The highest BCUT2D eigenvalue weighted by molar-refractivity contribution is 6.00. The van der Waals surface area contributed by atoms with E-state index in [4.69, 9.17) is 9.47 Å². The number of carbonyl (C=O) groups is 5. The normalized spacial score (nSPS) is 18.9. The summed E-state index contributed by atoms with van der Waals surface area (Å²) < 4.78 is 11.4. The van der Waals surface area contributed by atoms with Crippen LogP contribution >= 0.6 is 0 Å². The van der Waals surface area contributed by atoms with Crippen LogP contribution in [0.4, 0.5) is 0 Å². The number of hydrogen-bond donors (Lipinski definition) is 5. The summed E-state index contributed by atoms with van der Waals surface area (Å²) in [5, 5.41) is 36.0. The molecule has 1 saturated heterocycles. The summed E-state index contributed by atoms with van der Waals surface area (Å²) in [5.41, 5.74) is 0.324. The lowest BCUT2D eigenvalue weighted by Gasteiger charge is -2.24. The quantitative estimate of drug-likeness (QED) is 0.0449. The average molecular weight is 676 g/mol. The molecule has 2 aliphatic rings. The minimum atomic E-state index is -1.14. The van der Waals surface area contributed by atoms with Crippen LogP contribution in [0.3, 0.4) is 0 Å². The fourth-order valence-corrected chi connectivity index (χ4v) is 5.54. The third kappa shape index (κ3) is 12.4. The number of ether oxygens (including phenoxy) is 2. The van der Waals surface area contributed by atoms with Crippen molar-refractivity contribution in [1.29, 1.82) is 0 Å². The molecule has 0 aliphatic carbocycles. The third-order valence-corrected chi connectivity index (χ3v) is 8.27. The highest BCUT2D eigenvalue weighted by Gasteiger charge is 2.33. The molecular formula is C33H49N5O10. The first-order valence-electron chi connectivity index (χ1n) is 16.8. The molecule has 0 bridgehead atoms. The molecule has 15 nitrogen and oxygen atoms in total. The SMILES string of the molecule is CCCCCCC[C@@H](CC(=O)N[C@H]1CCCCN(O)C1=O)OC(=O)[C@H](CCCCN(O)C=O)NC(=O)[C@H]1COC(c2ccccc2O)=N1. The van der Waals surface area contributed by atoms with E-state index < -0.39 is 47.9 Å². The van der Waals surface area contributed by atoms with Crippen molar-refractivity contribution in [3.63, 3.8) is 0 Å². The van der Waals surface area contributed by atoms with Gasteiger partial charge in [-0.3, -0.25) is 29.6 Å². The molecule has 266 valence electrons. The second-order valence-electron chi connectivity index (χ2n) is 12.1. The summed E-state index contributed by atoms with van der Waals surface area (Å²) in [4.78, 5) is 67.5. The highest BCUT2D eigenvalue weighted by Crippen LogP contribution is 2.22. The fraction of sp³-hybridized carbons (Fsp3) is 0.636. The first-order valence-corrected chi connectivity index (χ1v) is 16.8. The second-order valence-corrected chi connectivity index (χ2v) is 12.1. The minimum Gasteiger partial charge on any atom is -0.507 e. The van der Waals surface area contributed by atoms with Gasteiger partial charge < -0.3 is 25.2 Å². The van der Waals surface area contributed by atoms with Crippen molar-refractivity contribution in [2.45, 2.75) is 115 Å². The molecule has 0 spiro atoms. The lowest BCUT2D eigenvalue weighted by atomic mass is 10.0. The van der Waals surface area contributed by atoms with Gasteiger partial charge in [-0.1, -0.05) is 44.7 Å². The van der Waals surface area contributed by atoms with Gasteiger partial charge in [0, 0.05) is 13.1 Å². The number of esters is 1. The maximum Gasteiger partial charge on any atom is 0.328 e. The summed E-state index contributed by atoms with van der Waals surface area (Å²) in [6.07, 6.45) is 6.67. The topological polar surface area (TPSA) is 207 Å². The van der Waals surface area contributed by atoms with Crippen molar-refractivity contribution in [3.8, 4) is 5.75 Å². The number of nitrogens with one attached hydrogen (secondary N) is 2. The number of aromatic hydroxyl groups is 1. The van der Waals surface area contributed by atoms with E-state index in [0.29, 0.717) is 60.6 Å². The van der Waals surface area contributed by atoms with Crippen LogP contribution in [-0.2, 0) is 33.4 Å². The van der Waals surface area contributed by atoms with Gasteiger partial charge in [0.15, 0.2) is 6.04 Å². The van der Waals surface area contributed by atoms with Gasteiger partial charge in [-0.2, -0.15) is 0 Å². The number of hydrogen-bond acceptors (Lipinski definition) is 11. The summed E-state index contributed by atoms with van der Waals surface area (Å²) in [7, 11) is 0. The van der Waals surface area contributed by atoms with E-state index in [1.807, 2.05) is 0 Å². The van der Waals surface area contributed by atoms with Crippen molar-refractivity contribution in [1.82, 2.24) is 20.8 Å². The van der Waals surface area contributed by atoms with Crippen molar-refractivity contribution >= 4 is 36.0 Å². The smallest absolute Gasteiger partial charge is 0.328 e. The zero-order chi connectivity index (χ0) is 34.9. The Bertz CT molecular complexity index is 1260. The first kappa shape index (κ1) is 38.2. The van der Waals surface area contributed by atoms with Crippen molar-refractivity contribution < 1.29 is 49.0 Å². The maximum atomic E-state index is 13.6. The van der Waals surface area contributed by atoms with Crippen molar-refractivity contribution in [2.75, 3.05) is 19.7 Å². The Balaban J connectivity index is 1.70. The Kier molecular flexibility index (Phi) is 16.1. The molecule has 2 heterocycles. The molecule has 3 rings (SSSR count). The summed E-state index contributed by atoms with van der Waals surface area (Å²) in [6, 6.07) is 3.38. The molecule has 1 aromatic carbocycles. The third-order valence-electron chi connectivity index (χ3n) is 8.27. The molecule has 2 aliphatic heterocycles. The lowest BCUT2D eigenvalue weighted by molar-refractivity contribution is -0.167. The number of unbranched alkanes of at least 4 members (excludes halogenated alkanes) is 5. The number of rotatable bonds is 20. The molecular weight excluding hydrogens is 626 g/mol. The van der Waals surface area contributed by atoms with Gasteiger partial charge in [-0.25, -0.2) is 19.9 Å². The Morgan fingerprint density at radius 1 is 1.12 bits per heavy atom. The van der Waals surface area contributed by atoms with E-state index in [1.54, 1.807) is 18.2 Å². The highest BCUT2D eigenvalue weighted by atomic mass is 16.5. The van der Waals surface area contributed by atoms with Crippen molar-refractivity contribution in [2.24, 2.45) is 4.99 Å². The molecule has 0 unspecified atom stereocenters. The minimum absolute atomic E-state index is 0.0234. The molecule has 4 atom stereocenters. The Hall–Kier alpha value is -4.24. The number of hydroxylamine groups is 4. The fourth-order valence-electron chi connectivity index (χ4n) is 5.54. The number of amides is 4. The van der Waals surface area contributed by atoms with Crippen LogP contribution in [0.1, 0.15) is 96.0 Å². The molecule has 1 fully saturated rings. The van der Waals surface area contributed by atoms with Crippen LogP contribution in [0.2, 0.25) is 0 Å². The van der Waals surface area contributed by atoms with Gasteiger partial charge in [0.05, 0.1) is 12.0 Å². The van der Waals surface area contributed by atoms with Crippen LogP contribution < -0.4 is 10.6 Å². The van der Waals surface area contributed by atoms with Gasteiger partial charge >= 0.3 is 5.97 Å². The van der Waals surface area contributed by atoms with Gasteiger partial charge in [-0.15, -0.1) is 0 Å². The summed E-state index contributed by atoms with van der Waals surface area (Å²) in [6.45, 7) is 2.20. The van der Waals surface area contributed by atoms with Gasteiger partial charge in [-0.05, 0) is 63.5 Å². The number of phenolic OH excluding ortho intramolecular Hbond substituents is 1. The number of phenols is 1. The predicted octanol–water partition coefficient (Wildman–Crippen LogP) is 2.59. The number of nitrogens with zero attached hydrogens (tertiary/aromatic N) is 3. The van der Waals surface area contributed by atoms with E-state index >= 15 is 0 Å². The van der Waals surface area contributed by atoms with Crippen LogP contribution in [0, 0.1) is 0 Å². The second kappa shape index (κ2) is 20.2. The lowest BCUT2D eigenvalue weighted by Crippen LogP contribution is -2.48. The average Bonchev–Trinajstić information content (AvgIpc) is 3.51. The number of para-hydroxylation sites is 1. The number of aliphatic imine (C=N–C) groups is 1. The van der Waals surface area contributed by atoms with Gasteiger partial charge in [0.25, 0.3) is 5.91 Å². The largest absolute Gasteiger partial charge is 0.507 e.